The summed E-state index contributed by atoms with van der Waals surface area (Å²) in [4.78, 5) is 38.3. The normalized spacial score (nSPS) is 12.5. The Morgan fingerprint density at radius 1 is 0.274 bits per heavy atom. The molecule has 0 N–H and O–H groups in total. The molecule has 0 aliphatic heterocycles. The van der Waals surface area contributed by atoms with Crippen molar-refractivity contribution in [2.45, 2.75) is 322 Å². The fourth-order valence-electron chi connectivity index (χ4n) is 8.93. The van der Waals surface area contributed by atoms with Crippen molar-refractivity contribution in [1.29, 1.82) is 0 Å². The number of carbonyl (C=O) groups excluding carboxylic acids is 3. The van der Waals surface area contributed by atoms with Crippen molar-refractivity contribution in [2.24, 2.45) is 0 Å². The molecule has 0 aliphatic rings. The zero-order chi connectivity index (χ0) is 52.9. The van der Waals surface area contributed by atoms with E-state index < -0.39 is 6.10 Å². The van der Waals surface area contributed by atoms with E-state index in [1.54, 1.807) is 0 Å². The third-order valence-corrected chi connectivity index (χ3v) is 13.7. The molecule has 0 saturated heterocycles. The molecule has 422 valence electrons. The molecule has 0 rings (SSSR count). The molecule has 0 heterocycles. The maximum Gasteiger partial charge on any atom is 0.306 e. The van der Waals surface area contributed by atoms with Crippen molar-refractivity contribution in [3.8, 4) is 0 Å². The predicted octanol–water partition coefficient (Wildman–Crippen LogP) is 21.3. The number of unbranched alkanes of at least 4 members (excludes halogenated alkanes) is 34. The van der Waals surface area contributed by atoms with Crippen molar-refractivity contribution in [3.63, 3.8) is 0 Å². The molecule has 0 aromatic carbocycles. The average Bonchev–Trinajstić information content (AvgIpc) is 3.39. The van der Waals surface area contributed by atoms with Crippen LogP contribution in [0, 0.1) is 0 Å². The topological polar surface area (TPSA) is 78.9 Å². The number of hydrogen-bond donors (Lipinski definition) is 0. The lowest BCUT2D eigenvalue weighted by Crippen LogP contribution is -2.30. The van der Waals surface area contributed by atoms with Crippen molar-refractivity contribution in [3.05, 3.63) is 72.9 Å². The van der Waals surface area contributed by atoms with Gasteiger partial charge >= 0.3 is 17.9 Å². The van der Waals surface area contributed by atoms with E-state index in [1.807, 2.05) is 0 Å². The summed E-state index contributed by atoms with van der Waals surface area (Å²) in [7, 11) is 0. The fourth-order valence-corrected chi connectivity index (χ4v) is 8.93. The lowest BCUT2D eigenvalue weighted by Gasteiger charge is -2.18. The predicted molar refractivity (Wildman–Crippen MR) is 316 cm³/mol. The Labute approximate surface area is 453 Å². The Bertz CT molecular complexity index is 1360. The summed E-state index contributed by atoms with van der Waals surface area (Å²) in [5, 5.41) is 0. The minimum atomic E-state index is -0.785. The van der Waals surface area contributed by atoms with E-state index in [2.05, 4.69) is 93.7 Å². The monoisotopic (exact) mass is 1020 g/mol. The molecule has 0 radical (unpaired) electrons. The zero-order valence-corrected chi connectivity index (χ0v) is 48.4. The van der Waals surface area contributed by atoms with E-state index in [1.165, 1.54) is 173 Å². The smallest absolute Gasteiger partial charge is 0.306 e. The molecule has 73 heavy (non-hydrogen) atoms. The SMILES string of the molecule is CCCCC/C=C\C/C=C\C/C=C\CCCCCCCCC(=O)OC(COC(=O)CCCCCCCCCC/C=C\C/C=C\C/C=C\CCCCCCC)COC(=O)CCCCCCCCCCCCCCC. The van der Waals surface area contributed by atoms with Crippen LogP contribution in [0.15, 0.2) is 72.9 Å². The summed E-state index contributed by atoms with van der Waals surface area (Å²) >= 11 is 0. The van der Waals surface area contributed by atoms with E-state index in [4.69, 9.17) is 14.2 Å². The lowest BCUT2D eigenvalue weighted by molar-refractivity contribution is -0.167. The molecule has 0 fully saturated rings. The summed E-state index contributed by atoms with van der Waals surface area (Å²) in [5.41, 5.74) is 0. The van der Waals surface area contributed by atoms with Gasteiger partial charge in [0.25, 0.3) is 0 Å². The van der Waals surface area contributed by atoms with Crippen LogP contribution in [0.3, 0.4) is 0 Å². The van der Waals surface area contributed by atoms with Gasteiger partial charge in [-0.25, -0.2) is 0 Å². The van der Waals surface area contributed by atoms with Gasteiger partial charge in [-0.2, -0.15) is 0 Å². The number of hydrogen-bond acceptors (Lipinski definition) is 6. The number of esters is 3. The van der Waals surface area contributed by atoms with Crippen LogP contribution in [0.1, 0.15) is 316 Å². The van der Waals surface area contributed by atoms with Gasteiger partial charge in [0.05, 0.1) is 0 Å². The standard InChI is InChI=1S/C67H118O6/c1-4-7-10-13-16-19-22-25-27-29-31-32-33-34-36-37-39-42-45-48-51-54-57-60-66(69)72-63-64(62-71-65(68)59-56-53-50-47-44-41-24-21-18-15-12-9-6-3)73-67(70)61-58-55-52-49-46-43-40-38-35-30-28-26-23-20-17-14-11-8-5-2/h17,20,22,25-26,28-29,31,33-35,38,64H,4-16,18-19,21,23-24,27,30,32,36-37,39-63H2,1-3H3/b20-17-,25-22-,28-26-,31-29-,34-33-,38-35-. The Morgan fingerprint density at radius 3 is 0.795 bits per heavy atom. The lowest BCUT2D eigenvalue weighted by atomic mass is 10.0. The molecule has 0 aromatic heterocycles. The molecule has 0 aliphatic carbocycles. The molecule has 0 saturated carbocycles. The van der Waals surface area contributed by atoms with Crippen LogP contribution in [-0.4, -0.2) is 37.2 Å². The van der Waals surface area contributed by atoms with E-state index >= 15 is 0 Å². The van der Waals surface area contributed by atoms with Crippen LogP contribution in [0.25, 0.3) is 0 Å². The maximum atomic E-state index is 12.9. The van der Waals surface area contributed by atoms with E-state index in [-0.39, 0.29) is 31.1 Å². The molecular weight excluding hydrogens is 901 g/mol. The van der Waals surface area contributed by atoms with E-state index in [9.17, 15) is 14.4 Å². The zero-order valence-electron chi connectivity index (χ0n) is 48.4. The Balaban J connectivity index is 4.36. The molecule has 0 amide bonds. The van der Waals surface area contributed by atoms with Gasteiger partial charge in [0.15, 0.2) is 6.10 Å². The van der Waals surface area contributed by atoms with Crippen LogP contribution in [0.5, 0.6) is 0 Å². The van der Waals surface area contributed by atoms with Crippen LogP contribution in [0.4, 0.5) is 0 Å². The quantitative estimate of drug-likeness (QED) is 0.0261. The van der Waals surface area contributed by atoms with Crippen LogP contribution >= 0.6 is 0 Å². The summed E-state index contributed by atoms with van der Waals surface area (Å²) in [6, 6.07) is 0. The number of ether oxygens (including phenoxy) is 3. The first-order valence-corrected chi connectivity index (χ1v) is 31.4. The van der Waals surface area contributed by atoms with Gasteiger partial charge in [-0.1, -0.05) is 273 Å². The second-order valence-electron chi connectivity index (χ2n) is 21.0. The summed E-state index contributed by atoms with van der Waals surface area (Å²) in [6.07, 6.45) is 78.9. The second-order valence-corrected chi connectivity index (χ2v) is 21.0. The molecule has 0 spiro atoms. The molecule has 0 aromatic rings. The van der Waals surface area contributed by atoms with Crippen LogP contribution in [0.2, 0.25) is 0 Å². The highest BCUT2D eigenvalue weighted by Crippen LogP contribution is 2.16. The highest BCUT2D eigenvalue weighted by atomic mass is 16.6. The minimum Gasteiger partial charge on any atom is -0.462 e. The van der Waals surface area contributed by atoms with Gasteiger partial charge in [-0.05, 0) is 96.3 Å². The molecule has 6 nitrogen and oxygen atoms in total. The van der Waals surface area contributed by atoms with Gasteiger partial charge in [0.1, 0.15) is 13.2 Å². The van der Waals surface area contributed by atoms with Crippen molar-refractivity contribution >= 4 is 17.9 Å². The minimum absolute atomic E-state index is 0.0807. The molecular formula is C67H118O6. The second kappa shape index (κ2) is 61.4. The summed E-state index contributed by atoms with van der Waals surface area (Å²) in [6.45, 7) is 6.61. The van der Waals surface area contributed by atoms with Gasteiger partial charge in [0.2, 0.25) is 0 Å². The average molecular weight is 1020 g/mol. The first-order valence-electron chi connectivity index (χ1n) is 31.4. The number of allylic oxidation sites excluding steroid dienone is 12. The molecule has 0 bridgehead atoms. The fraction of sp³-hybridized carbons (Fsp3) is 0.776. The van der Waals surface area contributed by atoms with Crippen LogP contribution in [-0.2, 0) is 28.6 Å². The highest BCUT2D eigenvalue weighted by Gasteiger charge is 2.19. The first kappa shape index (κ1) is 69.8. The van der Waals surface area contributed by atoms with Crippen molar-refractivity contribution in [1.82, 2.24) is 0 Å². The third-order valence-electron chi connectivity index (χ3n) is 13.7. The third kappa shape index (κ3) is 59.6. The van der Waals surface area contributed by atoms with Crippen molar-refractivity contribution in [2.75, 3.05) is 13.2 Å². The summed E-state index contributed by atoms with van der Waals surface area (Å²) < 4.78 is 16.9. The van der Waals surface area contributed by atoms with Gasteiger partial charge < -0.3 is 14.2 Å². The van der Waals surface area contributed by atoms with Crippen molar-refractivity contribution < 1.29 is 28.6 Å². The van der Waals surface area contributed by atoms with E-state index in [0.717, 1.165) is 103 Å². The van der Waals surface area contributed by atoms with Gasteiger partial charge in [-0.15, -0.1) is 0 Å². The van der Waals surface area contributed by atoms with Gasteiger partial charge in [-0.3, -0.25) is 14.4 Å². The number of carbonyl (C=O) groups is 3. The Hall–Kier alpha value is -3.15. The first-order chi connectivity index (χ1) is 36.0. The van der Waals surface area contributed by atoms with Gasteiger partial charge in [0, 0.05) is 19.3 Å². The molecule has 1 unspecified atom stereocenters. The Kier molecular flexibility index (Phi) is 58.7. The molecule has 6 heteroatoms. The Morgan fingerprint density at radius 2 is 0.493 bits per heavy atom. The largest absolute Gasteiger partial charge is 0.462 e. The van der Waals surface area contributed by atoms with E-state index in [0.29, 0.717) is 19.3 Å². The number of rotatable bonds is 57. The maximum absolute atomic E-state index is 12.9. The molecule has 1 atom stereocenters. The summed E-state index contributed by atoms with van der Waals surface area (Å²) in [5.74, 6) is -0.888. The highest BCUT2D eigenvalue weighted by molar-refractivity contribution is 5.71. The van der Waals surface area contributed by atoms with Crippen LogP contribution < -0.4 is 0 Å².